The zero-order valence-electron chi connectivity index (χ0n) is 9.77. The number of aryl methyl sites for hydroxylation is 1. The van der Waals surface area contributed by atoms with E-state index in [4.69, 9.17) is 14.7 Å². The molecule has 3 rings (SSSR count). The predicted molar refractivity (Wildman–Crippen MR) is 61.1 cm³/mol. The van der Waals surface area contributed by atoms with Crippen LogP contribution < -0.4 is 5.73 Å². The molecule has 1 fully saturated rings. The van der Waals surface area contributed by atoms with E-state index in [1.807, 2.05) is 13.0 Å². The van der Waals surface area contributed by atoms with Crippen molar-refractivity contribution < 1.29 is 8.94 Å². The lowest BCUT2D eigenvalue weighted by atomic mass is 9.99. The third-order valence-corrected chi connectivity index (χ3v) is 3.41. The Bertz CT molecular complexity index is 523. The Morgan fingerprint density at radius 2 is 2.12 bits per heavy atom. The Labute approximate surface area is 99.0 Å². The predicted octanol–water partition coefficient (Wildman–Crippen LogP) is 2.37. The first kappa shape index (κ1) is 10.5. The summed E-state index contributed by atoms with van der Waals surface area (Å²) < 4.78 is 10.6. The maximum atomic E-state index is 6.26. The minimum absolute atomic E-state index is 0.439. The van der Waals surface area contributed by atoms with Crippen molar-refractivity contribution in [2.45, 2.75) is 38.1 Å². The lowest BCUT2D eigenvalue weighted by Crippen LogP contribution is -2.33. The molecule has 90 valence electrons. The van der Waals surface area contributed by atoms with Crippen LogP contribution in [0.15, 0.2) is 21.3 Å². The van der Waals surface area contributed by atoms with Crippen LogP contribution in [-0.2, 0) is 5.54 Å². The molecule has 5 heteroatoms. The van der Waals surface area contributed by atoms with Gasteiger partial charge in [0.25, 0.3) is 0 Å². The summed E-state index contributed by atoms with van der Waals surface area (Å²) in [4.78, 5) is 4.37. The molecule has 0 amide bonds. The highest BCUT2D eigenvalue weighted by Crippen LogP contribution is 2.36. The molecule has 0 saturated heterocycles. The van der Waals surface area contributed by atoms with E-state index in [2.05, 4.69) is 10.1 Å². The highest BCUT2D eigenvalue weighted by Gasteiger charge is 2.37. The topological polar surface area (TPSA) is 78.1 Å². The van der Waals surface area contributed by atoms with E-state index in [1.54, 1.807) is 6.26 Å². The smallest absolute Gasteiger partial charge is 0.247 e. The first-order valence-corrected chi connectivity index (χ1v) is 5.87. The molecule has 0 bridgehead atoms. The number of rotatable bonds is 2. The minimum atomic E-state index is -0.439. The van der Waals surface area contributed by atoms with Crippen molar-refractivity contribution in [2.75, 3.05) is 0 Å². The van der Waals surface area contributed by atoms with Crippen molar-refractivity contribution in [1.29, 1.82) is 0 Å². The van der Waals surface area contributed by atoms with Crippen LogP contribution in [0, 0.1) is 6.92 Å². The fraction of sp³-hybridized carbons (Fsp3) is 0.500. The third-order valence-electron chi connectivity index (χ3n) is 3.41. The molecule has 1 aliphatic rings. The van der Waals surface area contributed by atoms with Gasteiger partial charge in [-0.1, -0.05) is 18.0 Å². The van der Waals surface area contributed by atoms with Gasteiger partial charge in [0.05, 0.1) is 11.8 Å². The quantitative estimate of drug-likeness (QED) is 0.861. The normalized spacial score (nSPS) is 18.7. The van der Waals surface area contributed by atoms with Gasteiger partial charge in [0.1, 0.15) is 0 Å². The van der Waals surface area contributed by atoms with Gasteiger partial charge in [-0.3, -0.25) is 0 Å². The zero-order valence-corrected chi connectivity index (χ0v) is 9.77. The van der Waals surface area contributed by atoms with Gasteiger partial charge in [0.15, 0.2) is 5.76 Å². The molecule has 1 aliphatic carbocycles. The van der Waals surface area contributed by atoms with Crippen LogP contribution in [0.2, 0.25) is 0 Å². The first-order valence-electron chi connectivity index (χ1n) is 5.87. The van der Waals surface area contributed by atoms with Crippen molar-refractivity contribution in [3.05, 3.63) is 23.8 Å². The van der Waals surface area contributed by atoms with Gasteiger partial charge in [-0.15, -0.1) is 0 Å². The molecular weight excluding hydrogens is 218 g/mol. The summed E-state index contributed by atoms with van der Waals surface area (Å²) in [6.07, 6.45) is 5.67. The van der Waals surface area contributed by atoms with Crippen LogP contribution in [0.1, 0.15) is 37.1 Å². The number of nitrogens with two attached hydrogens (primary N) is 1. The Hall–Kier alpha value is -1.62. The Kier molecular flexibility index (Phi) is 2.29. The lowest BCUT2D eigenvalue weighted by Gasteiger charge is -2.16. The number of hydrogen-bond donors (Lipinski definition) is 1. The van der Waals surface area contributed by atoms with Crippen molar-refractivity contribution in [1.82, 2.24) is 10.1 Å². The van der Waals surface area contributed by atoms with Crippen molar-refractivity contribution >= 4 is 0 Å². The van der Waals surface area contributed by atoms with Crippen LogP contribution in [-0.4, -0.2) is 10.1 Å². The molecule has 0 radical (unpaired) electrons. The number of hydrogen-bond acceptors (Lipinski definition) is 5. The van der Waals surface area contributed by atoms with Gasteiger partial charge in [-0.25, -0.2) is 0 Å². The van der Waals surface area contributed by atoms with Gasteiger partial charge in [-0.05, 0) is 31.4 Å². The molecule has 0 aliphatic heterocycles. The molecule has 5 nitrogen and oxygen atoms in total. The molecule has 2 aromatic rings. The maximum absolute atomic E-state index is 6.26. The zero-order chi connectivity index (χ0) is 11.9. The van der Waals surface area contributed by atoms with Crippen LogP contribution in [0.25, 0.3) is 11.6 Å². The van der Waals surface area contributed by atoms with E-state index in [0.29, 0.717) is 17.5 Å². The summed E-state index contributed by atoms with van der Waals surface area (Å²) in [6.45, 7) is 1.95. The molecule has 0 unspecified atom stereocenters. The van der Waals surface area contributed by atoms with Crippen LogP contribution in [0.3, 0.4) is 0 Å². The molecule has 0 atom stereocenters. The average molecular weight is 233 g/mol. The molecule has 2 N–H and O–H groups in total. The molecule has 17 heavy (non-hydrogen) atoms. The first-order chi connectivity index (χ1) is 8.19. The Balaban J connectivity index is 1.96. The molecule has 2 heterocycles. The summed E-state index contributed by atoms with van der Waals surface area (Å²) >= 11 is 0. The van der Waals surface area contributed by atoms with Crippen LogP contribution >= 0.6 is 0 Å². The monoisotopic (exact) mass is 233 g/mol. The molecule has 0 spiro atoms. The summed E-state index contributed by atoms with van der Waals surface area (Å²) in [5.41, 5.74) is 6.81. The van der Waals surface area contributed by atoms with E-state index in [-0.39, 0.29) is 0 Å². The third kappa shape index (κ3) is 1.67. The van der Waals surface area contributed by atoms with Crippen LogP contribution in [0.5, 0.6) is 0 Å². The number of furan rings is 1. The highest BCUT2D eigenvalue weighted by molar-refractivity contribution is 5.51. The molecule has 2 aromatic heterocycles. The Morgan fingerprint density at radius 1 is 1.35 bits per heavy atom. The SMILES string of the molecule is Cc1ccoc1-c1noc(C2(N)CCCC2)n1. The van der Waals surface area contributed by atoms with E-state index in [0.717, 1.165) is 31.2 Å². The van der Waals surface area contributed by atoms with Crippen LogP contribution in [0.4, 0.5) is 0 Å². The van der Waals surface area contributed by atoms with Crippen molar-refractivity contribution in [3.63, 3.8) is 0 Å². The minimum Gasteiger partial charge on any atom is -0.461 e. The second-order valence-electron chi connectivity index (χ2n) is 4.72. The molecular formula is C12H15N3O2. The molecule has 0 aromatic carbocycles. The van der Waals surface area contributed by atoms with E-state index in [1.165, 1.54) is 0 Å². The standard InChI is InChI=1S/C12H15N3O2/c1-8-4-7-16-9(8)10-14-11(17-15-10)12(13)5-2-3-6-12/h4,7H,2-3,5-6,13H2,1H3. The Morgan fingerprint density at radius 3 is 2.76 bits per heavy atom. The highest BCUT2D eigenvalue weighted by atomic mass is 16.5. The van der Waals surface area contributed by atoms with Crippen molar-refractivity contribution in [3.8, 4) is 11.6 Å². The van der Waals surface area contributed by atoms with E-state index >= 15 is 0 Å². The van der Waals surface area contributed by atoms with Gasteiger partial charge in [-0.2, -0.15) is 4.98 Å². The maximum Gasteiger partial charge on any atom is 0.247 e. The summed E-state index contributed by atoms with van der Waals surface area (Å²) in [5.74, 6) is 1.67. The van der Waals surface area contributed by atoms with E-state index in [9.17, 15) is 0 Å². The van der Waals surface area contributed by atoms with E-state index < -0.39 is 5.54 Å². The molecule has 1 saturated carbocycles. The average Bonchev–Trinajstić information content (AvgIpc) is 2.97. The van der Waals surface area contributed by atoms with Gasteiger partial charge in [0.2, 0.25) is 11.7 Å². The fourth-order valence-electron chi connectivity index (χ4n) is 2.34. The van der Waals surface area contributed by atoms with Crippen molar-refractivity contribution in [2.24, 2.45) is 5.73 Å². The lowest BCUT2D eigenvalue weighted by molar-refractivity contribution is 0.285. The number of nitrogens with zero attached hydrogens (tertiary/aromatic N) is 2. The van der Waals surface area contributed by atoms with Gasteiger partial charge in [0, 0.05) is 0 Å². The summed E-state index contributed by atoms with van der Waals surface area (Å²) in [5, 5.41) is 3.95. The fourth-order valence-corrected chi connectivity index (χ4v) is 2.34. The number of aromatic nitrogens is 2. The summed E-state index contributed by atoms with van der Waals surface area (Å²) in [6, 6.07) is 1.87. The van der Waals surface area contributed by atoms with Gasteiger partial charge < -0.3 is 14.7 Å². The second kappa shape index (κ2) is 3.70. The largest absolute Gasteiger partial charge is 0.461 e. The summed E-state index contributed by atoms with van der Waals surface area (Å²) in [7, 11) is 0. The van der Waals surface area contributed by atoms with Gasteiger partial charge >= 0.3 is 0 Å². The second-order valence-corrected chi connectivity index (χ2v) is 4.72.